The van der Waals surface area contributed by atoms with Crippen LogP contribution < -0.4 is 28.4 Å². The van der Waals surface area contributed by atoms with Crippen LogP contribution in [0.15, 0.2) is 84.9 Å². The molecule has 0 aromatic heterocycles. The van der Waals surface area contributed by atoms with E-state index in [4.69, 9.17) is 28.4 Å². The topological polar surface area (TPSA) is 89.5 Å². The molecule has 4 aromatic rings. The summed E-state index contributed by atoms with van der Waals surface area (Å²) in [6.45, 7) is 3.79. The second kappa shape index (κ2) is 15.6. The third-order valence-electron chi connectivity index (χ3n) is 8.12. The molecule has 0 radical (unpaired) electrons. The molecule has 9 heteroatoms. The molecule has 8 nitrogen and oxygen atoms in total. The summed E-state index contributed by atoms with van der Waals surface area (Å²) in [4.78, 5) is 0. The van der Waals surface area contributed by atoms with Gasteiger partial charge >= 0.3 is 0 Å². The zero-order valence-electron chi connectivity index (χ0n) is 28.1. The number of ether oxygens (including phenoxy) is 6. The van der Waals surface area contributed by atoms with E-state index in [1.54, 1.807) is 115 Å². The van der Waals surface area contributed by atoms with Gasteiger partial charge < -0.3 is 28.4 Å². The van der Waals surface area contributed by atoms with Gasteiger partial charge in [0, 0.05) is 22.3 Å². The quantitative estimate of drug-likeness (QED) is 0.135. The summed E-state index contributed by atoms with van der Waals surface area (Å²) < 4.78 is 63.0. The fourth-order valence-corrected chi connectivity index (χ4v) is 7.57. The molecule has 0 heterocycles. The van der Waals surface area contributed by atoms with Crippen molar-refractivity contribution in [1.29, 1.82) is 0 Å². The molecule has 248 valence electrons. The summed E-state index contributed by atoms with van der Waals surface area (Å²) in [5.74, 6) is 3.78. The molecule has 2 atom stereocenters. The minimum atomic E-state index is -4.02. The smallest absolute Gasteiger partial charge is 0.171 e. The van der Waals surface area contributed by atoms with E-state index in [0.29, 0.717) is 45.6 Å². The Balaban J connectivity index is 1.91. The maximum atomic E-state index is 15.0. The monoisotopic (exact) mass is 658 g/mol. The van der Waals surface area contributed by atoms with Gasteiger partial charge in [-0.3, -0.25) is 0 Å². The molecule has 2 unspecified atom stereocenters. The van der Waals surface area contributed by atoms with Gasteiger partial charge in [-0.25, -0.2) is 8.42 Å². The molecule has 0 aliphatic carbocycles. The second-order valence-electron chi connectivity index (χ2n) is 10.7. The first-order valence-corrected chi connectivity index (χ1v) is 16.5. The van der Waals surface area contributed by atoms with Crippen LogP contribution in [0.25, 0.3) is 12.2 Å². The first kappa shape index (κ1) is 35.0. The van der Waals surface area contributed by atoms with E-state index in [1.807, 2.05) is 38.1 Å². The molecule has 0 fully saturated rings. The van der Waals surface area contributed by atoms with Gasteiger partial charge in [-0.1, -0.05) is 48.6 Å². The first-order valence-electron chi connectivity index (χ1n) is 14.9. The third-order valence-corrected chi connectivity index (χ3v) is 10.4. The van der Waals surface area contributed by atoms with Gasteiger partial charge in [0.2, 0.25) is 0 Å². The largest absolute Gasteiger partial charge is 0.497 e. The van der Waals surface area contributed by atoms with Gasteiger partial charge in [0.25, 0.3) is 0 Å². The Bertz CT molecular complexity index is 1700. The average molecular weight is 659 g/mol. The van der Waals surface area contributed by atoms with Gasteiger partial charge in [0.15, 0.2) is 9.84 Å². The van der Waals surface area contributed by atoms with Crippen molar-refractivity contribution in [2.45, 2.75) is 24.3 Å². The van der Waals surface area contributed by atoms with Crippen LogP contribution in [0, 0.1) is 13.8 Å². The van der Waals surface area contributed by atoms with Gasteiger partial charge in [0.1, 0.15) is 45.0 Å². The maximum absolute atomic E-state index is 15.0. The number of rotatable bonds is 14. The Hall–Kier alpha value is -4.89. The van der Waals surface area contributed by atoms with Crippen molar-refractivity contribution in [3.63, 3.8) is 0 Å². The van der Waals surface area contributed by atoms with Gasteiger partial charge in [-0.15, -0.1) is 0 Å². The van der Waals surface area contributed by atoms with Gasteiger partial charge in [0.05, 0.1) is 42.7 Å². The fraction of sp³-hybridized carbons (Fsp3) is 0.263. The van der Waals surface area contributed by atoms with Crippen LogP contribution in [0.3, 0.4) is 0 Å². The molecule has 0 amide bonds. The Labute approximate surface area is 278 Å². The van der Waals surface area contributed by atoms with Crippen LogP contribution in [0.4, 0.5) is 0 Å². The van der Waals surface area contributed by atoms with Crippen molar-refractivity contribution >= 4 is 22.0 Å². The fourth-order valence-electron chi connectivity index (χ4n) is 5.58. The standard InChI is InChI=1S/C38H42O8S/c1-25-33(43-5)21-13-29(37(25)45-7)15-23-35(27-9-17-31(41-3)18-10-27)47(39,40)36(28-11-19-32(42-4)20-12-28)24-16-30-14-22-34(44-6)26(2)38(30)46-8/h9-24,35-36H,1-8H3/b23-15+,24-16+. The predicted molar refractivity (Wildman–Crippen MR) is 187 cm³/mol. The molecule has 0 saturated heterocycles. The van der Waals surface area contributed by atoms with Crippen molar-refractivity contribution in [2.75, 3.05) is 42.7 Å². The van der Waals surface area contributed by atoms with Crippen LogP contribution in [0.5, 0.6) is 34.5 Å². The first-order chi connectivity index (χ1) is 22.6. The number of benzene rings is 4. The lowest BCUT2D eigenvalue weighted by molar-refractivity contribution is 0.388. The number of hydrogen-bond donors (Lipinski definition) is 0. The summed E-state index contributed by atoms with van der Waals surface area (Å²) in [5, 5.41) is -2.09. The average Bonchev–Trinajstić information content (AvgIpc) is 3.09. The summed E-state index contributed by atoms with van der Waals surface area (Å²) in [7, 11) is 5.47. The molecule has 0 bridgehead atoms. The number of sulfone groups is 1. The lowest BCUT2D eigenvalue weighted by Gasteiger charge is -2.22. The molecule has 4 aromatic carbocycles. The van der Waals surface area contributed by atoms with Crippen LogP contribution in [0.1, 0.15) is 43.9 Å². The highest BCUT2D eigenvalue weighted by molar-refractivity contribution is 7.92. The molecule has 0 saturated carbocycles. The van der Waals surface area contributed by atoms with Crippen molar-refractivity contribution in [1.82, 2.24) is 0 Å². The molecule has 47 heavy (non-hydrogen) atoms. The summed E-state index contributed by atoms with van der Waals surface area (Å²) in [6.07, 6.45) is 6.96. The van der Waals surface area contributed by atoms with Crippen molar-refractivity contribution in [2.24, 2.45) is 0 Å². The van der Waals surface area contributed by atoms with Gasteiger partial charge in [-0.2, -0.15) is 0 Å². The highest BCUT2D eigenvalue weighted by Gasteiger charge is 2.34. The van der Waals surface area contributed by atoms with E-state index in [0.717, 1.165) is 22.3 Å². The Morgan fingerprint density at radius 1 is 0.489 bits per heavy atom. The highest BCUT2D eigenvalue weighted by atomic mass is 32.2. The minimum absolute atomic E-state index is 0.580. The molecule has 0 N–H and O–H groups in total. The SMILES string of the molecule is COc1ccc(C(/C=C/c2ccc(OC)c(C)c2OC)S(=O)(=O)C(/C=C/c2ccc(OC)c(C)c2OC)c2ccc(OC)cc2)cc1. The normalized spacial score (nSPS) is 12.9. The Morgan fingerprint density at radius 2 is 0.851 bits per heavy atom. The van der Waals surface area contributed by atoms with Crippen LogP contribution in [0.2, 0.25) is 0 Å². The van der Waals surface area contributed by atoms with E-state index in [1.165, 1.54) is 0 Å². The number of hydrogen-bond acceptors (Lipinski definition) is 8. The van der Waals surface area contributed by atoms with E-state index in [9.17, 15) is 8.42 Å². The zero-order valence-corrected chi connectivity index (χ0v) is 28.9. The maximum Gasteiger partial charge on any atom is 0.171 e. The summed E-state index contributed by atoms with van der Waals surface area (Å²) in [6, 6.07) is 21.5. The van der Waals surface area contributed by atoms with Crippen LogP contribution >= 0.6 is 0 Å². The second-order valence-corrected chi connectivity index (χ2v) is 12.9. The van der Waals surface area contributed by atoms with E-state index in [2.05, 4.69) is 0 Å². The van der Waals surface area contributed by atoms with E-state index >= 15 is 0 Å². The number of methoxy groups -OCH3 is 6. The van der Waals surface area contributed by atoms with Crippen LogP contribution in [-0.2, 0) is 9.84 Å². The van der Waals surface area contributed by atoms with Gasteiger partial charge in [-0.05, 0) is 73.5 Å². The van der Waals surface area contributed by atoms with Crippen molar-refractivity contribution in [3.05, 3.63) is 118 Å². The Morgan fingerprint density at radius 3 is 1.15 bits per heavy atom. The lowest BCUT2D eigenvalue weighted by Crippen LogP contribution is -2.19. The summed E-state index contributed by atoms with van der Waals surface area (Å²) in [5.41, 5.74) is 4.21. The predicted octanol–water partition coefficient (Wildman–Crippen LogP) is 7.98. The van der Waals surface area contributed by atoms with Crippen LogP contribution in [-0.4, -0.2) is 51.1 Å². The Kier molecular flexibility index (Phi) is 11.6. The molecule has 0 aliphatic heterocycles. The highest BCUT2D eigenvalue weighted by Crippen LogP contribution is 2.40. The molecule has 0 spiro atoms. The van der Waals surface area contributed by atoms with Crippen molar-refractivity contribution < 1.29 is 36.8 Å². The molecule has 4 rings (SSSR count). The van der Waals surface area contributed by atoms with E-state index < -0.39 is 20.3 Å². The van der Waals surface area contributed by atoms with Crippen molar-refractivity contribution in [3.8, 4) is 34.5 Å². The zero-order chi connectivity index (χ0) is 34.1. The van der Waals surface area contributed by atoms with E-state index in [-0.39, 0.29) is 0 Å². The third kappa shape index (κ3) is 7.58. The summed E-state index contributed by atoms with van der Waals surface area (Å²) >= 11 is 0. The minimum Gasteiger partial charge on any atom is -0.497 e. The molecule has 0 aliphatic rings. The molecular formula is C38H42O8S. The molecular weight excluding hydrogens is 616 g/mol. The lowest BCUT2D eigenvalue weighted by atomic mass is 10.1.